The maximum absolute atomic E-state index is 12.0. The van der Waals surface area contributed by atoms with E-state index >= 15 is 0 Å². The molecule has 106 valence electrons. The highest BCUT2D eigenvalue weighted by atomic mass is 35.5. The van der Waals surface area contributed by atoms with E-state index in [4.69, 9.17) is 23.2 Å². The Kier molecular flexibility index (Phi) is 4.47. The lowest BCUT2D eigenvalue weighted by atomic mass is 9.76. The zero-order valence-corrected chi connectivity index (χ0v) is 12.5. The average Bonchev–Trinajstić information content (AvgIpc) is 2.77. The maximum atomic E-state index is 12.0. The van der Waals surface area contributed by atoms with Gasteiger partial charge in [0.05, 0.1) is 18.1 Å². The molecule has 7 heteroatoms. The van der Waals surface area contributed by atoms with Gasteiger partial charge in [-0.1, -0.05) is 29.3 Å². The Morgan fingerprint density at radius 1 is 1.33 bits per heavy atom. The smallest absolute Gasteiger partial charge is 0.249 e. The fourth-order valence-corrected chi connectivity index (χ4v) is 2.94. The van der Waals surface area contributed by atoms with Gasteiger partial charge in [-0.05, 0) is 24.6 Å². The third-order valence-electron chi connectivity index (χ3n) is 3.39. The maximum Gasteiger partial charge on any atom is 0.249 e. The molecule has 2 atom stereocenters. The first-order valence-electron chi connectivity index (χ1n) is 6.07. The quantitative estimate of drug-likeness (QED) is 0.928. The van der Waals surface area contributed by atoms with Crippen LogP contribution in [0.15, 0.2) is 23.3 Å². The molecule has 0 radical (unpaired) electrons. The molecule has 1 aliphatic rings. The second-order valence-corrected chi connectivity index (χ2v) is 5.48. The lowest BCUT2D eigenvalue weighted by molar-refractivity contribution is -0.122. The van der Waals surface area contributed by atoms with Gasteiger partial charge in [-0.2, -0.15) is 15.6 Å². The molecule has 21 heavy (non-hydrogen) atoms. The number of hydrazone groups is 1. The summed E-state index contributed by atoms with van der Waals surface area (Å²) in [6.45, 7) is 1.67. The highest BCUT2D eigenvalue weighted by Crippen LogP contribution is 2.39. The van der Waals surface area contributed by atoms with Gasteiger partial charge < -0.3 is 0 Å². The van der Waals surface area contributed by atoms with Crippen molar-refractivity contribution in [1.29, 1.82) is 10.5 Å². The van der Waals surface area contributed by atoms with Crippen LogP contribution in [0.1, 0.15) is 18.4 Å². The molecule has 1 amide bonds. The van der Waals surface area contributed by atoms with Crippen molar-refractivity contribution in [2.24, 2.45) is 16.9 Å². The molecule has 1 aromatic carbocycles. The van der Waals surface area contributed by atoms with Crippen molar-refractivity contribution >= 4 is 34.8 Å². The molecule has 0 unspecified atom stereocenters. The van der Waals surface area contributed by atoms with Gasteiger partial charge in [0.15, 0.2) is 0 Å². The van der Waals surface area contributed by atoms with Crippen molar-refractivity contribution in [2.45, 2.75) is 12.8 Å². The van der Waals surface area contributed by atoms with Crippen LogP contribution >= 0.6 is 23.2 Å². The van der Waals surface area contributed by atoms with Gasteiger partial charge in [0, 0.05) is 21.7 Å². The van der Waals surface area contributed by atoms with Crippen LogP contribution in [0.2, 0.25) is 10.0 Å². The van der Waals surface area contributed by atoms with Crippen molar-refractivity contribution < 1.29 is 4.79 Å². The number of carbonyl (C=O) groups excluding carboxylic acids is 1. The van der Waals surface area contributed by atoms with Gasteiger partial charge in [-0.25, -0.2) is 5.43 Å². The molecule has 0 fully saturated rings. The molecule has 0 aromatic heterocycles. The topological polar surface area (TPSA) is 89.0 Å². The summed E-state index contributed by atoms with van der Waals surface area (Å²) in [7, 11) is 0. The van der Waals surface area contributed by atoms with E-state index in [0.29, 0.717) is 21.3 Å². The number of hydrogen-bond donors (Lipinski definition) is 1. The van der Waals surface area contributed by atoms with E-state index in [1.54, 1.807) is 19.1 Å². The molecule has 0 bridgehead atoms. The molecule has 1 heterocycles. The van der Waals surface area contributed by atoms with E-state index in [2.05, 4.69) is 10.5 Å². The Labute approximate surface area is 131 Å². The van der Waals surface area contributed by atoms with Gasteiger partial charge >= 0.3 is 0 Å². The SMILES string of the molecule is CC1=NNC(=O)[C@@H]1[C@H](c1ccc(Cl)cc1Cl)C(C#N)C#N. The number of nitriles is 2. The first-order valence-corrected chi connectivity index (χ1v) is 6.83. The lowest BCUT2D eigenvalue weighted by Crippen LogP contribution is -2.32. The van der Waals surface area contributed by atoms with E-state index in [1.165, 1.54) is 6.07 Å². The van der Waals surface area contributed by atoms with E-state index < -0.39 is 17.8 Å². The molecule has 0 saturated heterocycles. The van der Waals surface area contributed by atoms with Crippen molar-refractivity contribution in [3.05, 3.63) is 33.8 Å². The average molecular weight is 321 g/mol. The summed E-state index contributed by atoms with van der Waals surface area (Å²) in [6.07, 6.45) is 0. The predicted molar refractivity (Wildman–Crippen MR) is 78.7 cm³/mol. The van der Waals surface area contributed by atoms with Gasteiger partial charge in [0.25, 0.3) is 0 Å². The van der Waals surface area contributed by atoms with Crippen LogP contribution in [0.25, 0.3) is 0 Å². The Morgan fingerprint density at radius 3 is 2.48 bits per heavy atom. The molecule has 0 aliphatic carbocycles. The van der Waals surface area contributed by atoms with Crippen molar-refractivity contribution in [2.75, 3.05) is 0 Å². The largest absolute Gasteiger partial charge is 0.272 e. The number of nitrogens with zero attached hydrogens (tertiary/aromatic N) is 3. The van der Waals surface area contributed by atoms with Crippen LogP contribution in [-0.2, 0) is 4.79 Å². The number of halogens is 2. The monoisotopic (exact) mass is 320 g/mol. The molecule has 0 spiro atoms. The predicted octanol–water partition coefficient (Wildman–Crippen LogP) is 2.86. The first-order chi connectivity index (χ1) is 9.99. The fourth-order valence-electron chi connectivity index (χ4n) is 2.41. The minimum Gasteiger partial charge on any atom is -0.272 e. The molecule has 0 saturated carbocycles. The van der Waals surface area contributed by atoms with Crippen LogP contribution in [0.3, 0.4) is 0 Å². The summed E-state index contributed by atoms with van der Waals surface area (Å²) in [5, 5.41) is 23.1. The number of nitrogens with one attached hydrogen (secondary N) is 1. The standard InChI is InChI=1S/C14H10Cl2N4O/c1-7-12(14(21)20-19-7)13(8(5-17)6-18)10-3-2-9(15)4-11(10)16/h2-4,8,12-13H,1H3,(H,20,21)/t12-,13-/m0/s1. The molecule has 5 nitrogen and oxygen atoms in total. The highest BCUT2D eigenvalue weighted by molar-refractivity contribution is 6.35. The van der Waals surface area contributed by atoms with Crippen molar-refractivity contribution in [3.63, 3.8) is 0 Å². The van der Waals surface area contributed by atoms with Crippen LogP contribution < -0.4 is 5.43 Å². The number of amides is 1. The summed E-state index contributed by atoms with van der Waals surface area (Å²) >= 11 is 12.0. The Hall–Kier alpha value is -2.08. The van der Waals surface area contributed by atoms with Crippen LogP contribution in [0, 0.1) is 34.5 Å². The fraction of sp³-hybridized carbons (Fsp3) is 0.286. The lowest BCUT2D eigenvalue weighted by Gasteiger charge is -2.24. The summed E-state index contributed by atoms with van der Waals surface area (Å²) in [5.41, 5.74) is 3.42. The number of carbonyl (C=O) groups is 1. The Morgan fingerprint density at radius 2 is 2.00 bits per heavy atom. The summed E-state index contributed by atoms with van der Waals surface area (Å²) in [5.74, 6) is -2.77. The third kappa shape index (κ3) is 2.85. The minimum absolute atomic E-state index is 0.315. The van der Waals surface area contributed by atoms with Crippen LogP contribution in [0.5, 0.6) is 0 Å². The molecule has 1 aliphatic heterocycles. The highest BCUT2D eigenvalue weighted by Gasteiger charge is 2.41. The van der Waals surface area contributed by atoms with Gasteiger partial charge in [0.2, 0.25) is 5.91 Å². The Balaban J connectivity index is 2.57. The van der Waals surface area contributed by atoms with Crippen LogP contribution in [0.4, 0.5) is 0 Å². The number of rotatable bonds is 3. The first kappa shape index (κ1) is 15.3. The number of benzene rings is 1. The second-order valence-electron chi connectivity index (χ2n) is 4.63. The third-order valence-corrected chi connectivity index (χ3v) is 3.96. The van der Waals surface area contributed by atoms with Crippen molar-refractivity contribution in [1.82, 2.24) is 5.43 Å². The number of hydrogen-bond acceptors (Lipinski definition) is 4. The van der Waals surface area contributed by atoms with E-state index in [9.17, 15) is 15.3 Å². The van der Waals surface area contributed by atoms with E-state index in [-0.39, 0.29) is 5.91 Å². The van der Waals surface area contributed by atoms with E-state index in [0.717, 1.165) is 0 Å². The Bertz CT molecular complexity index is 688. The summed E-state index contributed by atoms with van der Waals surface area (Å²) in [6, 6.07) is 8.62. The van der Waals surface area contributed by atoms with Gasteiger partial charge in [-0.15, -0.1) is 0 Å². The molecule has 1 N–H and O–H groups in total. The van der Waals surface area contributed by atoms with Gasteiger partial charge in [-0.3, -0.25) is 4.79 Å². The van der Waals surface area contributed by atoms with E-state index in [1.807, 2.05) is 12.1 Å². The van der Waals surface area contributed by atoms with Crippen molar-refractivity contribution in [3.8, 4) is 12.1 Å². The molecular weight excluding hydrogens is 311 g/mol. The van der Waals surface area contributed by atoms with Gasteiger partial charge in [0.1, 0.15) is 5.92 Å². The molecular formula is C14H10Cl2N4O. The zero-order valence-electron chi connectivity index (χ0n) is 11.0. The van der Waals surface area contributed by atoms with Crippen LogP contribution in [-0.4, -0.2) is 11.6 Å². The zero-order chi connectivity index (χ0) is 15.6. The second kappa shape index (κ2) is 6.13. The minimum atomic E-state index is -1.03. The molecule has 2 rings (SSSR count). The summed E-state index contributed by atoms with van der Waals surface area (Å²) in [4.78, 5) is 12.0. The normalized spacial score (nSPS) is 18.7. The summed E-state index contributed by atoms with van der Waals surface area (Å²) < 4.78 is 0. The molecule has 1 aromatic rings.